The van der Waals surface area contributed by atoms with Crippen LogP contribution in [0.3, 0.4) is 0 Å². The molecule has 0 aliphatic carbocycles. The van der Waals surface area contributed by atoms with E-state index in [2.05, 4.69) is 5.10 Å². The highest BCUT2D eigenvalue weighted by atomic mass is 16.6. The quantitative estimate of drug-likeness (QED) is 0.246. The molecule has 31 heavy (non-hydrogen) atoms. The summed E-state index contributed by atoms with van der Waals surface area (Å²) in [6.45, 7) is 4.89. The van der Waals surface area contributed by atoms with Crippen molar-refractivity contribution in [2.24, 2.45) is 0 Å². The van der Waals surface area contributed by atoms with Gasteiger partial charge in [0.2, 0.25) is 6.41 Å². The van der Waals surface area contributed by atoms with Crippen molar-refractivity contribution < 1.29 is 24.0 Å². The van der Waals surface area contributed by atoms with Gasteiger partial charge in [-0.2, -0.15) is 0 Å². The number of carbonyl (C=O) groups excluding carboxylic acids is 2. The second kappa shape index (κ2) is 10.2. The number of carbonyl (C=O) groups is 2. The molecule has 0 N–H and O–H groups in total. The first-order valence-corrected chi connectivity index (χ1v) is 10.3. The Kier molecular flexibility index (Phi) is 7.35. The van der Waals surface area contributed by atoms with Crippen LogP contribution in [0, 0.1) is 17.0 Å². The third kappa shape index (κ3) is 4.91. The van der Waals surface area contributed by atoms with Gasteiger partial charge in [0.1, 0.15) is 5.69 Å². The fraction of sp³-hybridized carbons (Fsp3) is 0.476. The number of amides is 2. The standard InChI is InChI=1S/C21H26N4O6/c1-3-18-19(25(28)29)20(22-24(18)16-9-12-30-13-16)31-11-6-10-23(14-26)21(27)17-8-5-4-7-15(17)2/h4-5,7-8,14,16H,3,6,9-13H2,1-2H3. The monoisotopic (exact) mass is 430 g/mol. The number of aromatic nitrogens is 2. The van der Waals surface area contributed by atoms with Crippen molar-refractivity contribution in [3.63, 3.8) is 0 Å². The van der Waals surface area contributed by atoms with Gasteiger partial charge >= 0.3 is 11.6 Å². The Bertz CT molecular complexity index is 951. The number of rotatable bonds is 10. The maximum atomic E-state index is 12.6. The maximum absolute atomic E-state index is 12.6. The molecular formula is C21H26N4O6. The van der Waals surface area contributed by atoms with E-state index in [4.69, 9.17) is 9.47 Å². The van der Waals surface area contributed by atoms with E-state index < -0.39 is 10.8 Å². The topological polar surface area (TPSA) is 117 Å². The molecule has 2 heterocycles. The van der Waals surface area contributed by atoms with E-state index in [1.165, 1.54) is 0 Å². The molecule has 10 heteroatoms. The molecule has 0 saturated carbocycles. The van der Waals surface area contributed by atoms with Crippen molar-refractivity contribution in [2.45, 2.75) is 39.2 Å². The molecule has 3 rings (SSSR count). The largest absolute Gasteiger partial charge is 0.472 e. The molecule has 1 aliphatic rings. The first kappa shape index (κ1) is 22.4. The summed E-state index contributed by atoms with van der Waals surface area (Å²) >= 11 is 0. The summed E-state index contributed by atoms with van der Waals surface area (Å²) < 4.78 is 12.6. The predicted molar refractivity (Wildman–Crippen MR) is 111 cm³/mol. The Morgan fingerprint density at radius 3 is 2.84 bits per heavy atom. The zero-order valence-corrected chi connectivity index (χ0v) is 17.7. The van der Waals surface area contributed by atoms with Crippen molar-refractivity contribution in [1.82, 2.24) is 14.7 Å². The van der Waals surface area contributed by atoms with Gasteiger partial charge in [0.05, 0.1) is 24.2 Å². The second-order valence-corrected chi connectivity index (χ2v) is 7.29. The van der Waals surface area contributed by atoms with Crippen LogP contribution >= 0.6 is 0 Å². The van der Waals surface area contributed by atoms with Gasteiger partial charge in [-0.3, -0.25) is 29.3 Å². The summed E-state index contributed by atoms with van der Waals surface area (Å²) in [5.41, 5.74) is 1.59. The van der Waals surface area contributed by atoms with Crippen molar-refractivity contribution in [1.29, 1.82) is 0 Å². The lowest BCUT2D eigenvalue weighted by molar-refractivity contribution is -0.386. The summed E-state index contributed by atoms with van der Waals surface area (Å²) in [7, 11) is 0. The summed E-state index contributed by atoms with van der Waals surface area (Å²) in [6.07, 6.45) is 1.98. The molecule has 166 valence electrons. The number of aryl methyl sites for hydroxylation is 1. The van der Waals surface area contributed by atoms with Crippen LogP contribution in [0.2, 0.25) is 0 Å². The average molecular weight is 430 g/mol. The Morgan fingerprint density at radius 1 is 1.45 bits per heavy atom. The van der Waals surface area contributed by atoms with E-state index in [0.717, 1.165) is 16.9 Å². The van der Waals surface area contributed by atoms with E-state index in [-0.39, 0.29) is 30.8 Å². The van der Waals surface area contributed by atoms with Crippen LogP contribution in [0.1, 0.15) is 47.4 Å². The van der Waals surface area contributed by atoms with Crippen molar-refractivity contribution in [3.8, 4) is 5.88 Å². The van der Waals surface area contributed by atoms with Gasteiger partial charge < -0.3 is 9.47 Å². The van der Waals surface area contributed by atoms with Crippen LogP contribution in [-0.2, 0) is 16.0 Å². The summed E-state index contributed by atoms with van der Waals surface area (Å²) in [4.78, 5) is 36.2. The molecule has 0 spiro atoms. The fourth-order valence-electron chi connectivity index (χ4n) is 3.64. The number of benzene rings is 1. The Balaban J connectivity index is 1.65. The van der Waals surface area contributed by atoms with E-state index >= 15 is 0 Å². The molecule has 1 unspecified atom stereocenters. The lowest BCUT2D eigenvalue weighted by Gasteiger charge is -2.16. The van der Waals surface area contributed by atoms with E-state index in [9.17, 15) is 19.7 Å². The van der Waals surface area contributed by atoms with Gasteiger partial charge in [0, 0.05) is 18.7 Å². The van der Waals surface area contributed by atoms with Gasteiger partial charge in [0.25, 0.3) is 5.91 Å². The molecule has 1 aromatic heterocycles. The number of nitrogens with zero attached hydrogens (tertiary/aromatic N) is 4. The van der Waals surface area contributed by atoms with Crippen molar-refractivity contribution >= 4 is 18.0 Å². The first-order valence-electron chi connectivity index (χ1n) is 10.3. The zero-order valence-electron chi connectivity index (χ0n) is 17.7. The van der Waals surface area contributed by atoms with Crippen LogP contribution < -0.4 is 4.74 Å². The van der Waals surface area contributed by atoms with Gasteiger partial charge in [-0.25, -0.2) is 0 Å². The Hall–Kier alpha value is -3.27. The van der Waals surface area contributed by atoms with Crippen molar-refractivity contribution in [3.05, 3.63) is 51.2 Å². The number of nitro groups is 1. The number of imide groups is 1. The lowest BCUT2D eigenvalue weighted by atomic mass is 10.1. The first-order chi connectivity index (χ1) is 15.0. The summed E-state index contributed by atoms with van der Waals surface area (Å²) in [6, 6.07) is 6.97. The SMILES string of the molecule is CCc1c([N+](=O)[O-])c(OCCCN(C=O)C(=O)c2ccccc2C)nn1C1CCOC1. The fourth-order valence-corrected chi connectivity index (χ4v) is 3.64. The second-order valence-electron chi connectivity index (χ2n) is 7.29. The van der Waals surface area contributed by atoms with Crippen molar-refractivity contribution in [2.75, 3.05) is 26.4 Å². The summed E-state index contributed by atoms with van der Waals surface area (Å²) in [5.74, 6) is -0.436. The van der Waals surface area contributed by atoms with Gasteiger partial charge in [0.15, 0.2) is 0 Å². The molecule has 0 radical (unpaired) electrons. The van der Waals surface area contributed by atoms with Crippen LogP contribution in [0.4, 0.5) is 5.69 Å². The van der Waals surface area contributed by atoms with Crippen LogP contribution in [-0.4, -0.2) is 58.3 Å². The Labute approximate surface area is 179 Å². The molecule has 0 bridgehead atoms. The molecule has 1 fully saturated rings. The zero-order chi connectivity index (χ0) is 22.4. The van der Waals surface area contributed by atoms with Crippen LogP contribution in [0.15, 0.2) is 24.3 Å². The molecule has 1 aromatic carbocycles. The molecule has 2 amide bonds. The lowest BCUT2D eigenvalue weighted by Crippen LogP contribution is -2.31. The van der Waals surface area contributed by atoms with Gasteiger partial charge in [-0.1, -0.05) is 25.1 Å². The molecule has 1 atom stereocenters. The molecular weight excluding hydrogens is 404 g/mol. The molecule has 1 aliphatic heterocycles. The smallest absolute Gasteiger partial charge is 0.353 e. The third-order valence-electron chi connectivity index (χ3n) is 5.27. The minimum Gasteiger partial charge on any atom is -0.472 e. The predicted octanol–water partition coefficient (Wildman–Crippen LogP) is 2.69. The normalized spacial score (nSPS) is 15.6. The average Bonchev–Trinajstić information content (AvgIpc) is 3.41. The van der Waals surface area contributed by atoms with Gasteiger partial charge in [-0.15, -0.1) is 5.10 Å². The highest BCUT2D eigenvalue weighted by Gasteiger charge is 2.32. The highest BCUT2D eigenvalue weighted by Crippen LogP contribution is 2.34. The Morgan fingerprint density at radius 2 is 2.23 bits per heavy atom. The summed E-state index contributed by atoms with van der Waals surface area (Å²) in [5, 5.41) is 16.0. The highest BCUT2D eigenvalue weighted by molar-refractivity contribution is 6.00. The molecule has 10 nitrogen and oxygen atoms in total. The number of hydrogen-bond donors (Lipinski definition) is 0. The third-order valence-corrected chi connectivity index (χ3v) is 5.27. The minimum atomic E-state index is -0.479. The van der Waals surface area contributed by atoms with Crippen LogP contribution in [0.25, 0.3) is 0 Å². The number of hydrogen-bond acceptors (Lipinski definition) is 7. The van der Waals surface area contributed by atoms with E-state index in [1.54, 1.807) is 29.8 Å². The molecule has 1 saturated heterocycles. The maximum Gasteiger partial charge on any atom is 0.353 e. The van der Waals surface area contributed by atoms with E-state index in [1.807, 2.05) is 13.0 Å². The minimum absolute atomic E-state index is 0.0448. The molecule has 2 aromatic rings. The van der Waals surface area contributed by atoms with Crippen LogP contribution in [0.5, 0.6) is 5.88 Å². The van der Waals surface area contributed by atoms with E-state index in [0.29, 0.717) is 43.7 Å². The number of ether oxygens (including phenoxy) is 2. The van der Waals surface area contributed by atoms with Gasteiger partial charge in [-0.05, 0) is 37.8 Å².